The van der Waals surface area contributed by atoms with Crippen LogP contribution in [-0.2, 0) is 0 Å². The molecule has 122 valence electrons. The number of benzene rings is 3. The topological polar surface area (TPSA) is 24.1 Å². The van der Waals surface area contributed by atoms with Crippen LogP contribution >= 0.6 is 15.9 Å². The minimum absolute atomic E-state index is 1.05. The van der Waals surface area contributed by atoms with Crippen molar-refractivity contribution in [2.75, 3.05) is 10.6 Å². The number of hydrogen-bond donors (Lipinski definition) is 2. The summed E-state index contributed by atoms with van der Waals surface area (Å²) >= 11 is 3.52. The predicted molar refractivity (Wildman–Crippen MR) is 108 cm³/mol. The number of para-hydroxylation sites is 2. The van der Waals surface area contributed by atoms with Crippen molar-refractivity contribution in [2.45, 2.75) is 20.8 Å². The summed E-state index contributed by atoms with van der Waals surface area (Å²) in [5.74, 6) is 0. The van der Waals surface area contributed by atoms with Gasteiger partial charge in [-0.3, -0.25) is 0 Å². The van der Waals surface area contributed by atoms with Gasteiger partial charge in [0.05, 0.1) is 11.4 Å². The Balaban J connectivity index is 1.93. The summed E-state index contributed by atoms with van der Waals surface area (Å²) in [5.41, 5.74) is 8.13. The fraction of sp³-hybridized carbons (Fsp3) is 0.143. The second kappa shape index (κ2) is 7.10. The van der Waals surface area contributed by atoms with Crippen molar-refractivity contribution in [2.24, 2.45) is 0 Å². The standard InChI is InChI=1S/C21H21BrN2/c1-14-11-15(2)21(16(3)12-14)24-20-10-5-4-9-19(20)23-18-8-6-7-17(22)13-18/h4-13,23-24H,1-3H3. The van der Waals surface area contributed by atoms with Gasteiger partial charge in [-0.05, 0) is 62.2 Å². The van der Waals surface area contributed by atoms with Crippen LogP contribution in [0.4, 0.5) is 22.7 Å². The molecule has 3 aromatic carbocycles. The zero-order valence-electron chi connectivity index (χ0n) is 14.2. The first kappa shape index (κ1) is 16.6. The van der Waals surface area contributed by atoms with Crippen molar-refractivity contribution in [1.82, 2.24) is 0 Å². The Morgan fingerprint density at radius 2 is 1.33 bits per heavy atom. The molecular weight excluding hydrogens is 360 g/mol. The Kier molecular flexibility index (Phi) is 4.91. The van der Waals surface area contributed by atoms with Crippen LogP contribution in [0.2, 0.25) is 0 Å². The second-order valence-corrected chi connectivity index (χ2v) is 7.00. The lowest BCUT2D eigenvalue weighted by molar-refractivity contribution is 1.31. The molecule has 2 N–H and O–H groups in total. The quantitative estimate of drug-likeness (QED) is 0.516. The fourth-order valence-electron chi connectivity index (χ4n) is 2.93. The molecule has 0 saturated carbocycles. The van der Waals surface area contributed by atoms with Crippen LogP contribution < -0.4 is 10.6 Å². The zero-order chi connectivity index (χ0) is 17.1. The Bertz CT molecular complexity index is 848. The molecule has 0 aliphatic carbocycles. The van der Waals surface area contributed by atoms with Gasteiger partial charge in [-0.15, -0.1) is 0 Å². The van der Waals surface area contributed by atoms with Gasteiger partial charge in [0.15, 0.2) is 0 Å². The van der Waals surface area contributed by atoms with Crippen molar-refractivity contribution in [1.29, 1.82) is 0 Å². The summed E-state index contributed by atoms with van der Waals surface area (Å²) in [6.45, 7) is 6.42. The lowest BCUT2D eigenvalue weighted by Crippen LogP contribution is -2.00. The third kappa shape index (κ3) is 3.80. The molecule has 3 aromatic rings. The molecule has 0 amide bonds. The predicted octanol–water partition coefficient (Wildman–Crippen LogP) is 6.86. The van der Waals surface area contributed by atoms with E-state index in [0.29, 0.717) is 0 Å². The molecule has 0 saturated heterocycles. The summed E-state index contributed by atoms with van der Waals surface area (Å²) in [6, 6.07) is 20.9. The highest BCUT2D eigenvalue weighted by Crippen LogP contribution is 2.32. The van der Waals surface area contributed by atoms with Gasteiger partial charge in [-0.1, -0.05) is 51.8 Å². The summed E-state index contributed by atoms with van der Waals surface area (Å²) in [7, 11) is 0. The van der Waals surface area contributed by atoms with Crippen molar-refractivity contribution in [3.8, 4) is 0 Å². The maximum atomic E-state index is 3.60. The molecule has 0 aromatic heterocycles. The van der Waals surface area contributed by atoms with Crippen molar-refractivity contribution in [3.63, 3.8) is 0 Å². The molecule has 0 aliphatic heterocycles. The largest absolute Gasteiger partial charge is 0.354 e. The van der Waals surface area contributed by atoms with Gasteiger partial charge < -0.3 is 10.6 Å². The number of rotatable bonds is 4. The molecule has 0 atom stereocenters. The molecule has 0 spiro atoms. The van der Waals surface area contributed by atoms with E-state index >= 15 is 0 Å². The van der Waals surface area contributed by atoms with Crippen LogP contribution in [0.1, 0.15) is 16.7 Å². The number of nitrogens with one attached hydrogen (secondary N) is 2. The summed E-state index contributed by atoms with van der Waals surface area (Å²) < 4.78 is 1.06. The van der Waals surface area contributed by atoms with E-state index in [4.69, 9.17) is 0 Å². The molecule has 0 aliphatic rings. The highest BCUT2D eigenvalue weighted by atomic mass is 79.9. The first-order valence-corrected chi connectivity index (χ1v) is 8.79. The number of anilines is 4. The van der Waals surface area contributed by atoms with Crippen LogP contribution in [0.3, 0.4) is 0 Å². The van der Waals surface area contributed by atoms with Gasteiger partial charge in [0.1, 0.15) is 0 Å². The van der Waals surface area contributed by atoms with E-state index in [-0.39, 0.29) is 0 Å². The Labute approximate surface area is 152 Å². The van der Waals surface area contributed by atoms with Crippen LogP contribution in [-0.4, -0.2) is 0 Å². The van der Waals surface area contributed by atoms with E-state index in [1.807, 2.05) is 24.3 Å². The second-order valence-electron chi connectivity index (χ2n) is 6.08. The SMILES string of the molecule is Cc1cc(C)c(Nc2ccccc2Nc2cccc(Br)c2)c(C)c1. The Hall–Kier alpha value is -2.26. The molecule has 0 bridgehead atoms. The highest BCUT2D eigenvalue weighted by Gasteiger charge is 2.08. The van der Waals surface area contributed by atoms with Gasteiger partial charge in [0.25, 0.3) is 0 Å². The number of aryl methyl sites for hydroxylation is 3. The lowest BCUT2D eigenvalue weighted by atomic mass is 10.0. The normalized spacial score (nSPS) is 10.5. The van der Waals surface area contributed by atoms with E-state index in [0.717, 1.165) is 21.5 Å². The first-order chi connectivity index (χ1) is 11.5. The van der Waals surface area contributed by atoms with Gasteiger partial charge in [0.2, 0.25) is 0 Å². The van der Waals surface area contributed by atoms with E-state index in [1.165, 1.54) is 22.4 Å². The van der Waals surface area contributed by atoms with Gasteiger partial charge in [-0.25, -0.2) is 0 Å². The molecule has 3 heteroatoms. The van der Waals surface area contributed by atoms with Crippen molar-refractivity contribution in [3.05, 3.63) is 81.8 Å². The molecule has 0 heterocycles. The van der Waals surface area contributed by atoms with Gasteiger partial charge in [-0.2, -0.15) is 0 Å². The smallest absolute Gasteiger partial charge is 0.0623 e. The fourth-order valence-corrected chi connectivity index (χ4v) is 3.33. The van der Waals surface area contributed by atoms with Crippen LogP contribution in [0, 0.1) is 20.8 Å². The number of halogens is 1. The van der Waals surface area contributed by atoms with Crippen LogP contribution in [0.15, 0.2) is 65.1 Å². The maximum Gasteiger partial charge on any atom is 0.0623 e. The molecular formula is C21H21BrN2. The first-order valence-electron chi connectivity index (χ1n) is 7.99. The van der Waals surface area contributed by atoms with Crippen molar-refractivity contribution >= 4 is 38.7 Å². The van der Waals surface area contributed by atoms with Crippen LogP contribution in [0.25, 0.3) is 0 Å². The third-order valence-electron chi connectivity index (χ3n) is 3.97. The average Bonchev–Trinajstić information content (AvgIpc) is 2.52. The summed E-state index contributed by atoms with van der Waals surface area (Å²) in [4.78, 5) is 0. The average molecular weight is 381 g/mol. The Morgan fingerprint density at radius 3 is 1.96 bits per heavy atom. The molecule has 0 unspecified atom stereocenters. The van der Waals surface area contributed by atoms with E-state index in [9.17, 15) is 0 Å². The highest BCUT2D eigenvalue weighted by molar-refractivity contribution is 9.10. The van der Waals surface area contributed by atoms with Gasteiger partial charge >= 0.3 is 0 Å². The zero-order valence-corrected chi connectivity index (χ0v) is 15.7. The molecule has 24 heavy (non-hydrogen) atoms. The molecule has 0 fully saturated rings. The van der Waals surface area contributed by atoms with E-state index in [1.54, 1.807) is 0 Å². The van der Waals surface area contributed by atoms with Crippen LogP contribution in [0.5, 0.6) is 0 Å². The Morgan fingerprint density at radius 1 is 0.708 bits per heavy atom. The van der Waals surface area contributed by atoms with E-state index < -0.39 is 0 Å². The summed E-state index contributed by atoms with van der Waals surface area (Å²) in [6.07, 6.45) is 0. The third-order valence-corrected chi connectivity index (χ3v) is 4.46. The maximum absolute atomic E-state index is 3.60. The lowest BCUT2D eigenvalue weighted by Gasteiger charge is -2.17. The van der Waals surface area contributed by atoms with Gasteiger partial charge in [0, 0.05) is 15.8 Å². The molecule has 3 rings (SSSR count). The molecule has 0 radical (unpaired) electrons. The monoisotopic (exact) mass is 380 g/mol. The minimum Gasteiger partial charge on any atom is -0.354 e. The molecule has 2 nitrogen and oxygen atoms in total. The van der Waals surface area contributed by atoms with Crippen molar-refractivity contribution < 1.29 is 0 Å². The minimum atomic E-state index is 1.05. The summed E-state index contributed by atoms with van der Waals surface area (Å²) in [5, 5.41) is 7.09. The van der Waals surface area contributed by atoms with E-state index in [2.05, 4.69) is 83.7 Å². The number of hydrogen-bond acceptors (Lipinski definition) is 2.